The van der Waals surface area contributed by atoms with Crippen LogP contribution in [0.25, 0.3) is 0 Å². The van der Waals surface area contributed by atoms with Crippen LogP contribution in [0.5, 0.6) is 11.5 Å². The topological polar surface area (TPSA) is 45.6 Å². The third-order valence-electron chi connectivity index (χ3n) is 3.06. The van der Waals surface area contributed by atoms with Crippen LogP contribution in [-0.4, -0.2) is 24.2 Å². The van der Waals surface area contributed by atoms with Gasteiger partial charge in [0.25, 0.3) is 0 Å². The van der Waals surface area contributed by atoms with Gasteiger partial charge < -0.3 is 14.7 Å². The SMILES string of the molecule is COc1ccc(CN(C)c2ccc(Br)c(C)n2)cc1O. The molecule has 106 valence electrons. The van der Waals surface area contributed by atoms with Crippen LogP contribution in [0.15, 0.2) is 34.8 Å². The predicted molar refractivity (Wildman–Crippen MR) is 83.4 cm³/mol. The van der Waals surface area contributed by atoms with Crippen molar-refractivity contribution in [1.82, 2.24) is 4.98 Å². The summed E-state index contributed by atoms with van der Waals surface area (Å²) in [6, 6.07) is 9.35. The van der Waals surface area contributed by atoms with Gasteiger partial charge in [-0.2, -0.15) is 0 Å². The lowest BCUT2D eigenvalue weighted by Gasteiger charge is -2.19. The maximum absolute atomic E-state index is 9.79. The van der Waals surface area contributed by atoms with Gasteiger partial charge in [-0.05, 0) is 52.7 Å². The van der Waals surface area contributed by atoms with E-state index in [1.807, 2.05) is 37.1 Å². The fourth-order valence-electron chi connectivity index (χ4n) is 1.93. The van der Waals surface area contributed by atoms with Crippen LogP contribution < -0.4 is 9.64 Å². The van der Waals surface area contributed by atoms with Gasteiger partial charge in [-0.1, -0.05) is 6.07 Å². The molecule has 20 heavy (non-hydrogen) atoms. The number of halogens is 1. The van der Waals surface area contributed by atoms with E-state index in [0.717, 1.165) is 21.5 Å². The first-order valence-corrected chi connectivity index (χ1v) is 7.00. The molecule has 1 aromatic heterocycles. The molecule has 1 N–H and O–H groups in total. The molecule has 5 heteroatoms. The molecule has 0 aliphatic heterocycles. The Balaban J connectivity index is 2.16. The van der Waals surface area contributed by atoms with Gasteiger partial charge in [-0.15, -0.1) is 0 Å². The monoisotopic (exact) mass is 336 g/mol. The average Bonchev–Trinajstić information content (AvgIpc) is 2.42. The third-order valence-corrected chi connectivity index (χ3v) is 3.90. The quantitative estimate of drug-likeness (QED) is 0.928. The Morgan fingerprint density at radius 3 is 2.65 bits per heavy atom. The second kappa shape index (κ2) is 6.13. The molecule has 4 nitrogen and oxygen atoms in total. The number of aryl methyl sites for hydroxylation is 1. The van der Waals surface area contributed by atoms with Crippen molar-refractivity contribution < 1.29 is 9.84 Å². The molecular formula is C15H17BrN2O2. The molecule has 1 aromatic carbocycles. The molecule has 0 aliphatic rings. The van der Waals surface area contributed by atoms with E-state index in [1.54, 1.807) is 12.1 Å². The molecule has 0 bridgehead atoms. The number of anilines is 1. The first kappa shape index (κ1) is 14.7. The van der Waals surface area contributed by atoms with E-state index < -0.39 is 0 Å². The van der Waals surface area contributed by atoms with Gasteiger partial charge in [0, 0.05) is 18.1 Å². The van der Waals surface area contributed by atoms with Gasteiger partial charge in [-0.3, -0.25) is 0 Å². The average molecular weight is 337 g/mol. The second-order valence-electron chi connectivity index (χ2n) is 4.60. The molecule has 2 rings (SSSR count). The lowest BCUT2D eigenvalue weighted by atomic mass is 10.2. The number of methoxy groups -OCH3 is 1. The molecule has 0 aliphatic carbocycles. The Hall–Kier alpha value is -1.75. The van der Waals surface area contributed by atoms with E-state index >= 15 is 0 Å². The number of aromatic nitrogens is 1. The van der Waals surface area contributed by atoms with E-state index in [4.69, 9.17) is 4.74 Å². The first-order chi connectivity index (χ1) is 9.51. The Morgan fingerprint density at radius 2 is 2.05 bits per heavy atom. The predicted octanol–water partition coefficient (Wildman–Crippen LogP) is 3.50. The number of ether oxygens (including phenoxy) is 1. The Morgan fingerprint density at radius 1 is 1.30 bits per heavy atom. The van der Waals surface area contributed by atoms with Crippen molar-refractivity contribution in [2.24, 2.45) is 0 Å². The van der Waals surface area contributed by atoms with E-state index in [2.05, 4.69) is 20.9 Å². The standard InChI is InChI=1S/C15H17BrN2O2/c1-10-12(16)5-7-15(17-10)18(2)9-11-4-6-14(20-3)13(19)8-11/h4-8,19H,9H2,1-3H3. The minimum Gasteiger partial charge on any atom is -0.504 e. The number of hydrogen-bond donors (Lipinski definition) is 1. The summed E-state index contributed by atoms with van der Waals surface area (Å²) >= 11 is 3.44. The highest BCUT2D eigenvalue weighted by atomic mass is 79.9. The summed E-state index contributed by atoms with van der Waals surface area (Å²) in [6.07, 6.45) is 0. The van der Waals surface area contributed by atoms with Gasteiger partial charge in [0.05, 0.1) is 12.8 Å². The van der Waals surface area contributed by atoms with Crippen molar-refractivity contribution in [3.05, 3.63) is 46.1 Å². The number of hydrogen-bond acceptors (Lipinski definition) is 4. The fourth-order valence-corrected chi connectivity index (χ4v) is 2.15. The van der Waals surface area contributed by atoms with E-state index in [9.17, 15) is 5.11 Å². The van der Waals surface area contributed by atoms with Crippen LogP contribution in [0.4, 0.5) is 5.82 Å². The number of benzene rings is 1. The number of aromatic hydroxyl groups is 1. The summed E-state index contributed by atoms with van der Waals surface area (Å²) in [5.41, 5.74) is 1.94. The van der Waals surface area contributed by atoms with Crippen molar-refractivity contribution in [2.75, 3.05) is 19.1 Å². The van der Waals surface area contributed by atoms with Gasteiger partial charge in [0.2, 0.25) is 0 Å². The lowest BCUT2D eigenvalue weighted by molar-refractivity contribution is 0.373. The van der Waals surface area contributed by atoms with Crippen molar-refractivity contribution in [1.29, 1.82) is 0 Å². The minimum absolute atomic E-state index is 0.151. The number of nitrogens with zero attached hydrogens (tertiary/aromatic N) is 2. The van der Waals surface area contributed by atoms with Crippen molar-refractivity contribution >= 4 is 21.7 Å². The maximum Gasteiger partial charge on any atom is 0.160 e. The van der Waals surface area contributed by atoms with E-state index in [-0.39, 0.29) is 5.75 Å². The summed E-state index contributed by atoms with van der Waals surface area (Å²) in [7, 11) is 3.51. The Labute approximate surface area is 127 Å². The fraction of sp³-hybridized carbons (Fsp3) is 0.267. The Bertz CT molecular complexity index is 617. The number of pyridine rings is 1. The van der Waals surface area contributed by atoms with Gasteiger partial charge >= 0.3 is 0 Å². The highest BCUT2D eigenvalue weighted by Crippen LogP contribution is 2.27. The molecule has 0 fully saturated rings. The molecular weight excluding hydrogens is 320 g/mol. The lowest BCUT2D eigenvalue weighted by Crippen LogP contribution is -2.17. The normalized spacial score (nSPS) is 10.4. The van der Waals surface area contributed by atoms with E-state index in [0.29, 0.717) is 12.3 Å². The smallest absolute Gasteiger partial charge is 0.160 e. The summed E-state index contributed by atoms with van der Waals surface area (Å²) in [4.78, 5) is 6.55. The van der Waals surface area contributed by atoms with Crippen LogP contribution >= 0.6 is 15.9 Å². The summed E-state index contributed by atoms with van der Waals surface area (Å²) in [5, 5.41) is 9.79. The van der Waals surface area contributed by atoms with Crippen molar-refractivity contribution in [3.8, 4) is 11.5 Å². The van der Waals surface area contributed by atoms with Crippen molar-refractivity contribution in [3.63, 3.8) is 0 Å². The molecule has 0 spiro atoms. The van der Waals surface area contributed by atoms with Gasteiger partial charge in [0.15, 0.2) is 11.5 Å². The van der Waals surface area contributed by atoms with Crippen molar-refractivity contribution in [2.45, 2.75) is 13.5 Å². The second-order valence-corrected chi connectivity index (χ2v) is 5.45. The van der Waals surface area contributed by atoms with Gasteiger partial charge in [-0.25, -0.2) is 4.98 Å². The van der Waals surface area contributed by atoms with Crippen LogP contribution in [0.1, 0.15) is 11.3 Å². The first-order valence-electron chi connectivity index (χ1n) is 6.21. The molecule has 0 saturated heterocycles. The largest absolute Gasteiger partial charge is 0.504 e. The third kappa shape index (κ3) is 3.22. The van der Waals surface area contributed by atoms with Crippen LogP contribution in [0, 0.1) is 6.92 Å². The van der Waals surface area contributed by atoms with Crippen LogP contribution in [0.2, 0.25) is 0 Å². The van der Waals surface area contributed by atoms with Crippen LogP contribution in [0.3, 0.4) is 0 Å². The minimum atomic E-state index is 0.151. The summed E-state index contributed by atoms with van der Waals surface area (Å²) in [6.45, 7) is 2.62. The number of phenols is 1. The summed E-state index contributed by atoms with van der Waals surface area (Å²) in [5.74, 6) is 1.52. The molecule has 2 aromatic rings. The maximum atomic E-state index is 9.79. The zero-order valence-corrected chi connectivity index (χ0v) is 13.3. The Kier molecular flexibility index (Phi) is 4.49. The molecule has 0 atom stereocenters. The summed E-state index contributed by atoms with van der Waals surface area (Å²) < 4.78 is 6.03. The highest BCUT2D eigenvalue weighted by molar-refractivity contribution is 9.10. The number of phenolic OH excluding ortho intramolecular Hbond substituents is 1. The highest BCUT2D eigenvalue weighted by Gasteiger charge is 2.08. The zero-order valence-electron chi connectivity index (χ0n) is 11.7. The molecule has 0 unspecified atom stereocenters. The molecule has 0 saturated carbocycles. The molecule has 1 heterocycles. The molecule has 0 amide bonds. The van der Waals surface area contributed by atoms with Crippen LogP contribution in [-0.2, 0) is 6.54 Å². The zero-order chi connectivity index (χ0) is 14.7. The number of rotatable bonds is 4. The van der Waals surface area contributed by atoms with E-state index in [1.165, 1.54) is 7.11 Å². The molecule has 0 radical (unpaired) electrons. The van der Waals surface area contributed by atoms with Gasteiger partial charge in [0.1, 0.15) is 5.82 Å².